The van der Waals surface area contributed by atoms with E-state index in [9.17, 15) is 0 Å². The first-order valence-corrected chi connectivity index (χ1v) is 6.22. The molecule has 0 aromatic heterocycles. The molecule has 0 fully saturated rings. The van der Waals surface area contributed by atoms with Gasteiger partial charge in [0.2, 0.25) is 0 Å². The minimum absolute atomic E-state index is 0.876. The van der Waals surface area contributed by atoms with Gasteiger partial charge >= 0.3 is 0 Å². The quantitative estimate of drug-likeness (QED) is 0.529. The van der Waals surface area contributed by atoms with Crippen molar-refractivity contribution < 1.29 is 0 Å². The molecular weight excluding hydrogens is 172 g/mol. The molecule has 1 atom stereocenters. The summed E-state index contributed by atoms with van der Waals surface area (Å²) in [7, 11) is 0. The van der Waals surface area contributed by atoms with Crippen molar-refractivity contribution in [1.29, 1.82) is 0 Å². The minimum Gasteiger partial charge on any atom is -0.317 e. The fraction of sp³-hybridized carbons (Fsp3) is 1.00. The molecule has 0 saturated heterocycles. The van der Waals surface area contributed by atoms with E-state index < -0.39 is 0 Å². The zero-order valence-corrected chi connectivity index (χ0v) is 10.2. The smallest absolute Gasteiger partial charge is 0.00368 e. The maximum atomic E-state index is 3.49. The van der Waals surface area contributed by atoms with Gasteiger partial charge in [0.15, 0.2) is 0 Å². The van der Waals surface area contributed by atoms with E-state index in [0.717, 1.165) is 25.6 Å². The third-order valence-electron chi connectivity index (χ3n) is 2.64. The third-order valence-corrected chi connectivity index (χ3v) is 2.64. The molecule has 14 heavy (non-hydrogen) atoms. The van der Waals surface area contributed by atoms with Crippen LogP contribution in [0.3, 0.4) is 0 Å². The van der Waals surface area contributed by atoms with Crippen LogP contribution >= 0.6 is 0 Å². The van der Waals surface area contributed by atoms with Gasteiger partial charge in [0.25, 0.3) is 0 Å². The number of rotatable bonds is 10. The second kappa shape index (κ2) is 11.0. The van der Waals surface area contributed by atoms with Crippen LogP contribution in [0, 0.1) is 5.92 Å². The highest BCUT2D eigenvalue weighted by Crippen LogP contribution is 2.03. The Hall–Kier alpha value is -0.0800. The minimum atomic E-state index is 0.876. The fourth-order valence-electron chi connectivity index (χ4n) is 1.32. The molecule has 2 heteroatoms. The van der Waals surface area contributed by atoms with Crippen LogP contribution in [0.15, 0.2) is 0 Å². The summed E-state index contributed by atoms with van der Waals surface area (Å²) in [6, 6.07) is 0. The highest BCUT2D eigenvalue weighted by Gasteiger charge is 1.96. The Kier molecular flexibility index (Phi) is 10.9. The van der Waals surface area contributed by atoms with Crippen LogP contribution in [0.1, 0.15) is 46.5 Å². The van der Waals surface area contributed by atoms with E-state index in [-0.39, 0.29) is 0 Å². The van der Waals surface area contributed by atoms with Gasteiger partial charge in [-0.3, -0.25) is 0 Å². The molecule has 0 aromatic rings. The van der Waals surface area contributed by atoms with E-state index in [4.69, 9.17) is 0 Å². The lowest BCUT2D eigenvalue weighted by molar-refractivity contribution is 0.482. The largest absolute Gasteiger partial charge is 0.317 e. The molecule has 0 rings (SSSR count). The summed E-state index contributed by atoms with van der Waals surface area (Å²) in [4.78, 5) is 0. The van der Waals surface area contributed by atoms with Gasteiger partial charge in [-0.05, 0) is 51.4 Å². The van der Waals surface area contributed by atoms with Crippen molar-refractivity contribution in [2.24, 2.45) is 5.92 Å². The number of nitrogens with one attached hydrogen (secondary N) is 2. The van der Waals surface area contributed by atoms with Crippen molar-refractivity contribution in [1.82, 2.24) is 10.6 Å². The van der Waals surface area contributed by atoms with E-state index in [1.165, 1.54) is 32.2 Å². The van der Waals surface area contributed by atoms with Gasteiger partial charge in [-0.1, -0.05) is 27.2 Å². The van der Waals surface area contributed by atoms with Gasteiger partial charge in [-0.25, -0.2) is 0 Å². The normalized spacial score (nSPS) is 13.1. The molecular formula is C12H28N2. The van der Waals surface area contributed by atoms with Crippen LogP contribution in [0.5, 0.6) is 0 Å². The summed E-state index contributed by atoms with van der Waals surface area (Å²) in [5.41, 5.74) is 0. The molecule has 2 N–H and O–H groups in total. The molecule has 0 radical (unpaired) electrons. The van der Waals surface area contributed by atoms with Crippen LogP contribution in [0.4, 0.5) is 0 Å². The van der Waals surface area contributed by atoms with Gasteiger partial charge < -0.3 is 10.6 Å². The Balaban J connectivity index is 2.92. The monoisotopic (exact) mass is 200 g/mol. The maximum Gasteiger partial charge on any atom is -0.00368 e. The molecule has 2 nitrogen and oxygen atoms in total. The van der Waals surface area contributed by atoms with Crippen molar-refractivity contribution in [3.8, 4) is 0 Å². The summed E-state index contributed by atoms with van der Waals surface area (Å²) in [5, 5.41) is 6.89. The van der Waals surface area contributed by atoms with E-state index >= 15 is 0 Å². The topological polar surface area (TPSA) is 24.1 Å². The fourth-order valence-corrected chi connectivity index (χ4v) is 1.32. The number of hydrogen-bond acceptors (Lipinski definition) is 2. The first-order valence-electron chi connectivity index (χ1n) is 6.22. The Labute approximate surface area is 89.9 Å². The summed E-state index contributed by atoms with van der Waals surface area (Å²) < 4.78 is 0. The zero-order chi connectivity index (χ0) is 10.6. The van der Waals surface area contributed by atoms with E-state index in [1.54, 1.807) is 0 Å². The Morgan fingerprint density at radius 2 is 1.57 bits per heavy atom. The molecule has 0 aliphatic rings. The molecule has 0 aromatic carbocycles. The molecule has 0 aliphatic carbocycles. The molecule has 86 valence electrons. The van der Waals surface area contributed by atoms with Gasteiger partial charge in [0, 0.05) is 0 Å². The molecule has 0 amide bonds. The first-order chi connectivity index (χ1) is 6.81. The van der Waals surface area contributed by atoms with Gasteiger partial charge in [0.05, 0.1) is 0 Å². The molecule has 0 spiro atoms. The van der Waals surface area contributed by atoms with Crippen LogP contribution < -0.4 is 10.6 Å². The van der Waals surface area contributed by atoms with E-state index in [2.05, 4.69) is 31.4 Å². The van der Waals surface area contributed by atoms with Crippen molar-refractivity contribution in [3.05, 3.63) is 0 Å². The van der Waals surface area contributed by atoms with E-state index in [0.29, 0.717) is 0 Å². The summed E-state index contributed by atoms with van der Waals surface area (Å²) in [6.07, 6.45) is 5.11. The summed E-state index contributed by atoms with van der Waals surface area (Å²) >= 11 is 0. The van der Waals surface area contributed by atoms with Gasteiger partial charge in [-0.2, -0.15) is 0 Å². The van der Waals surface area contributed by atoms with Crippen LogP contribution in [0.2, 0.25) is 0 Å². The lowest BCUT2D eigenvalue weighted by Gasteiger charge is -2.09. The molecule has 1 unspecified atom stereocenters. The summed E-state index contributed by atoms with van der Waals surface area (Å²) in [6.45, 7) is 11.5. The Morgan fingerprint density at radius 1 is 0.929 bits per heavy atom. The van der Waals surface area contributed by atoms with Crippen molar-refractivity contribution in [2.45, 2.75) is 46.5 Å². The van der Waals surface area contributed by atoms with Crippen LogP contribution in [-0.4, -0.2) is 26.2 Å². The van der Waals surface area contributed by atoms with Gasteiger partial charge in [-0.15, -0.1) is 0 Å². The van der Waals surface area contributed by atoms with Crippen LogP contribution in [0.25, 0.3) is 0 Å². The second-order valence-electron chi connectivity index (χ2n) is 4.16. The molecule has 0 saturated carbocycles. The Bertz CT molecular complexity index is 104. The first kappa shape index (κ1) is 13.9. The second-order valence-corrected chi connectivity index (χ2v) is 4.16. The Morgan fingerprint density at radius 3 is 2.14 bits per heavy atom. The highest BCUT2D eigenvalue weighted by atomic mass is 14.9. The van der Waals surface area contributed by atoms with Crippen molar-refractivity contribution in [2.75, 3.05) is 26.2 Å². The number of hydrogen-bond donors (Lipinski definition) is 2. The van der Waals surface area contributed by atoms with Crippen LogP contribution in [-0.2, 0) is 0 Å². The average molecular weight is 200 g/mol. The standard InChI is InChI=1S/C12H28N2/c1-4-8-13-9-6-10-14-11-7-12(3)5-2/h12-14H,4-11H2,1-3H3. The third kappa shape index (κ3) is 10.0. The van der Waals surface area contributed by atoms with Gasteiger partial charge in [0.1, 0.15) is 0 Å². The lowest BCUT2D eigenvalue weighted by Crippen LogP contribution is -2.23. The van der Waals surface area contributed by atoms with Crippen molar-refractivity contribution in [3.63, 3.8) is 0 Å². The predicted molar refractivity (Wildman–Crippen MR) is 64.7 cm³/mol. The van der Waals surface area contributed by atoms with Crippen molar-refractivity contribution >= 4 is 0 Å². The molecule has 0 aliphatic heterocycles. The SMILES string of the molecule is CCCNCCCNCCC(C)CC. The predicted octanol–water partition coefficient (Wildman–Crippen LogP) is 2.40. The molecule has 0 bridgehead atoms. The van der Waals surface area contributed by atoms with E-state index in [1.807, 2.05) is 0 Å². The summed E-state index contributed by atoms with van der Waals surface area (Å²) in [5.74, 6) is 0.876. The molecule has 0 heterocycles. The maximum absolute atomic E-state index is 3.49. The average Bonchev–Trinajstić information content (AvgIpc) is 2.21. The zero-order valence-electron chi connectivity index (χ0n) is 10.2. The highest BCUT2D eigenvalue weighted by molar-refractivity contribution is 4.55. The lowest BCUT2D eigenvalue weighted by atomic mass is 10.1.